The number of imidazole rings is 1. The van der Waals surface area contributed by atoms with E-state index < -0.39 is 0 Å². The number of hydrogen-bond donors (Lipinski definition) is 2. The maximum Gasteiger partial charge on any atom is 0.294 e. The highest BCUT2D eigenvalue weighted by Gasteiger charge is 2.15. The number of rotatable bonds is 3. The highest BCUT2D eigenvalue weighted by molar-refractivity contribution is 6.02. The number of anilines is 1. The van der Waals surface area contributed by atoms with Crippen LogP contribution in [0.4, 0.5) is 5.69 Å². The van der Waals surface area contributed by atoms with Crippen molar-refractivity contribution < 1.29 is 14.3 Å². The average Bonchev–Trinajstić information content (AvgIpc) is 3.07. The van der Waals surface area contributed by atoms with Crippen LogP contribution in [0.1, 0.15) is 0 Å². The minimum atomic E-state index is -0.328. The van der Waals surface area contributed by atoms with Crippen LogP contribution in [0, 0.1) is 0 Å². The molecule has 1 aliphatic rings. The highest BCUT2D eigenvalue weighted by Crippen LogP contribution is 2.22. The second-order valence-electron chi connectivity index (χ2n) is 5.34. The monoisotopic (exact) mass is 321 g/mol. The average molecular weight is 321 g/mol. The zero-order valence-electron chi connectivity index (χ0n) is 12.8. The molecule has 120 valence electrons. The molecule has 1 aromatic heterocycles. The minimum Gasteiger partial charge on any atom is -0.494 e. The number of carbonyl (C=O) groups excluding carboxylic acids is 1. The van der Waals surface area contributed by atoms with Gasteiger partial charge in [-0.25, -0.2) is 4.98 Å². The molecule has 0 spiro atoms. The molecule has 0 unspecified atom stereocenters. The lowest BCUT2D eigenvalue weighted by atomic mass is 10.2. The van der Waals surface area contributed by atoms with Gasteiger partial charge in [0.15, 0.2) is 0 Å². The van der Waals surface area contributed by atoms with Crippen LogP contribution in [-0.4, -0.2) is 29.1 Å². The lowest BCUT2D eigenvalue weighted by molar-refractivity contribution is -0.117. The third-order valence-corrected chi connectivity index (χ3v) is 3.68. The molecule has 0 bridgehead atoms. The second kappa shape index (κ2) is 6.08. The Labute approximate surface area is 138 Å². The molecule has 4 rings (SSSR count). The van der Waals surface area contributed by atoms with E-state index in [0.717, 1.165) is 22.4 Å². The van der Waals surface area contributed by atoms with Crippen molar-refractivity contribution >= 4 is 22.6 Å². The summed E-state index contributed by atoms with van der Waals surface area (Å²) in [6, 6.07) is 15.3. The van der Waals surface area contributed by atoms with Crippen molar-refractivity contribution in [2.45, 2.75) is 0 Å². The Balaban J connectivity index is 1.52. The number of fused-ring (bicyclic) bond motifs is 1. The number of nitrogens with one attached hydrogen (secondary N) is 2. The molecular weight excluding hydrogens is 306 g/mol. The Morgan fingerprint density at radius 1 is 1.08 bits per heavy atom. The van der Waals surface area contributed by atoms with Gasteiger partial charge in [-0.2, -0.15) is 0 Å². The van der Waals surface area contributed by atoms with Gasteiger partial charge in [-0.3, -0.25) is 4.79 Å². The SMILES string of the molecule is O=C(Nc1ccc(-c2nc3ccccc3[nH]2)cc1)C1=COCCO1. The molecule has 0 saturated carbocycles. The van der Waals surface area contributed by atoms with Gasteiger partial charge < -0.3 is 19.8 Å². The van der Waals surface area contributed by atoms with Crippen LogP contribution in [0.25, 0.3) is 22.4 Å². The number of para-hydroxylation sites is 2. The van der Waals surface area contributed by atoms with Crippen molar-refractivity contribution in [1.29, 1.82) is 0 Å². The topological polar surface area (TPSA) is 76.2 Å². The van der Waals surface area contributed by atoms with Crippen LogP contribution in [0.2, 0.25) is 0 Å². The molecule has 0 aliphatic carbocycles. The smallest absolute Gasteiger partial charge is 0.294 e. The van der Waals surface area contributed by atoms with E-state index in [1.165, 1.54) is 6.26 Å². The van der Waals surface area contributed by atoms with Crippen LogP contribution in [0.15, 0.2) is 60.6 Å². The summed E-state index contributed by atoms with van der Waals surface area (Å²) in [6.07, 6.45) is 1.33. The van der Waals surface area contributed by atoms with Crippen molar-refractivity contribution in [3.05, 3.63) is 60.6 Å². The van der Waals surface area contributed by atoms with Crippen molar-refractivity contribution in [2.24, 2.45) is 0 Å². The van der Waals surface area contributed by atoms with Gasteiger partial charge in [0.25, 0.3) is 5.91 Å². The molecule has 0 fully saturated rings. The Bertz CT molecular complexity index is 880. The molecule has 0 atom stereocenters. The predicted octanol–water partition coefficient (Wildman–Crippen LogP) is 3.06. The van der Waals surface area contributed by atoms with Crippen LogP contribution < -0.4 is 5.32 Å². The summed E-state index contributed by atoms with van der Waals surface area (Å²) in [5.74, 6) is 0.648. The Kier molecular flexibility index (Phi) is 3.63. The summed E-state index contributed by atoms with van der Waals surface area (Å²) in [5.41, 5.74) is 3.54. The summed E-state index contributed by atoms with van der Waals surface area (Å²) in [4.78, 5) is 19.9. The first-order valence-corrected chi connectivity index (χ1v) is 7.61. The fraction of sp³-hybridized carbons (Fsp3) is 0.111. The first-order chi connectivity index (χ1) is 11.8. The van der Waals surface area contributed by atoms with Crippen molar-refractivity contribution in [1.82, 2.24) is 9.97 Å². The maximum atomic E-state index is 12.0. The van der Waals surface area contributed by atoms with Gasteiger partial charge in [0.1, 0.15) is 25.3 Å². The van der Waals surface area contributed by atoms with E-state index in [1.807, 2.05) is 48.5 Å². The van der Waals surface area contributed by atoms with Crippen molar-refractivity contribution in [2.75, 3.05) is 18.5 Å². The number of hydrogen-bond acceptors (Lipinski definition) is 4. The molecule has 1 aliphatic heterocycles. The third-order valence-electron chi connectivity index (χ3n) is 3.68. The first kappa shape index (κ1) is 14.3. The molecule has 6 nitrogen and oxygen atoms in total. The van der Waals surface area contributed by atoms with Gasteiger partial charge >= 0.3 is 0 Å². The zero-order chi connectivity index (χ0) is 16.4. The fourth-order valence-corrected chi connectivity index (χ4v) is 2.48. The molecule has 2 aromatic carbocycles. The molecular formula is C18H15N3O3. The Morgan fingerprint density at radius 3 is 2.67 bits per heavy atom. The number of nitrogens with zero attached hydrogens (tertiary/aromatic N) is 1. The molecule has 2 heterocycles. The normalized spacial score (nSPS) is 13.8. The van der Waals surface area contributed by atoms with Crippen LogP contribution in [0.3, 0.4) is 0 Å². The molecule has 2 N–H and O–H groups in total. The largest absolute Gasteiger partial charge is 0.494 e. The summed E-state index contributed by atoms with van der Waals surface area (Å²) in [6.45, 7) is 0.840. The molecule has 3 aromatic rings. The van der Waals surface area contributed by atoms with E-state index in [0.29, 0.717) is 18.9 Å². The van der Waals surface area contributed by atoms with E-state index in [1.54, 1.807) is 0 Å². The first-order valence-electron chi connectivity index (χ1n) is 7.61. The van der Waals surface area contributed by atoms with Gasteiger partial charge in [-0.15, -0.1) is 0 Å². The summed E-state index contributed by atoms with van der Waals surface area (Å²) in [5, 5.41) is 2.77. The number of ether oxygens (including phenoxy) is 2. The standard InChI is InChI=1S/C18H15N3O3/c22-18(16-11-23-9-10-24-16)19-13-7-5-12(6-8-13)17-20-14-3-1-2-4-15(14)21-17/h1-8,11H,9-10H2,(H,19,22)(H,20,21). The number of aromatic nitrogens is 2. The lowest BCUT2D eigenvalue weighted by Crippen LogP contribution is -2.21. The zero-order valence-corrected chi connectivity index (χ0v) is 12.8. The van der Waals surface area contributed by atoms with E-state index in [2.05, 4.69) is 15.3 Å². The summed E-state index contributed by atoms with van der Waals surface area (Å²) >= 11 is 0. The number of aromatic amines is 1. The molecule has 0 radical (unpaired) electrons. The van der Waals surface area contributed by atoms with E-state index >= 15 is 0 Å². The quantitative estimate of drug-likeness (QED) is 0.777. The van der Waals surface area contributed by atoms with Crippen molar-refractivity contribution in [3.63, 3.8) is 0 Å². The van der Waals surface area contributed by atoms with Crippen LogP contribution in [-0.2, 0) is 14.3 Å². The van der Waals surface area contributed by atoms with Crippen LogP contribution in [0.5, 0.6) is 0 Å². The van der Waals surface area contributed by atoms with E-state index in [4.69, 9.17) is 9.47 Å². The van der Waals surface area contributed by atoms with Gasteiger partial charge in [-0.1, -0.05) is 12.1 Å². The lowest BCUT2D eigenvalue weighted by Gasteiger charge is -2.15. The number of H-pyrrole nitrogens is 1. The molecule has 24 heavy (non-hydrogen) atoms. The number of amides is 1. The number of benzene rings is 2. The van der Waals surface area contributed by atoms with E-state index in [-0.39, 0.29) is 11.7 Å². The van der Waals surface area contributed by atoms with Crippen molar-refractivity contribution in [3.8, 4) is 11.4 Å². The summed E-state index contributed by atoms with van der Waals surface area (Å²) < 4.78 is 10.3. The van der Waals surface area contributed by atoms with Gasteiger partial charge in [0, 0.05) is 11.3 Å². The molecule has 0 saturated heterocycles. The van der Waals surface area contributed by atoms with Gasteiger partial charge in [-0.05, 0) is 36.4 Å². The maximum absolute atomic E-state index is 12.0. The number of carbonyl (C=O) groups is 1. The second-order valence-corrected chi connectivity index (χ2v) is 5.34. The summed E-state index contributed by atoms with van der Waals surface area (Å²) in [7, 11) is 0. The molecule has 1 amide bonds. The molecule has 6 heteroatoms. The van der Waals surface area contributed by atoms with Gasteiger partial charge in [0.2, 0.25) is 5.76 Å². The van der Waals surface area contributed by atoms with Gasteiger partial charge in [0.05, 0.1) is 11.0 Å². The Morgan fingerprint density at radius 2 is 1.92 bits per heavy atom. The van der Waals surface area contributed by atoms with Crippen LogP contribution >= 0.6 is 0 Å². The Hall–Kier alpha value is -3.28. The fourth-order valence-electron chi connectivity index (χ4n) is 2.48. The predicted molar refractivity (Wildman–Crippen MR) is 90.1 cm³/mol. The van der Waals surface area contributed by atoms with E-state index in [9.17, 15) is 4.79 Å². The highest BCUT2D eigenvalue weighted by atomic mass is 16.6. The third kappa shape index (κ3) is 2.81. The minimum absolute atomic E-state index is 0.183.